The van der Waals surface area contributed by atoms with E-state index in [4.69, 9.17) is 5.73 Å². The number of anilines is 2. The number of likely N-dealkylation sites (N-methyl/N-ethyl adjacent to an activating group) is 1. The van der Waals surface area contributed by atoms with Crippen LogP contribution in [0.25, 0.3) is 11.0 Å². The fourth-order valence-electron chi connectivity index (χ4n) is 1.66. The van der Waals surface area contributed by atoms with Crippen molar-refractivity contribution in [3.63, 3.8) is 0 Å². The Balaban J connectivity index is 2.27. The van der Waals surface area contributed by atoms with Crippen LogP contribution >= 0.6 is 0 Å². The minimum absolute atomic E-state index is 0.456. The van der Waals surface area contributed by atoms with Crippen LogP contribution in [0.4, 0.5) is 11.8 Å². The van der Waals surface area contributed by atoms with Crippen molar-refractivity contribution < 1.29 is 0 Å². The lowest BCUT2D eigenvalue weighted by molar-refractivity contribution is 0.866. The van der Waals surface area contributed by atoms with Crippen LogP contribution in [0.5, 0.6) is 0 Å². The fourth-order valence-corrected chi connectivity index (χ4v) is 1.66. The lowest BCUT2D eigenvalue weighted by Crippen LogP contribution is -2.19. The standard InChI is InChI=1S/C11H17N7/c1-13-5-7(6-14-2)16-11-17-9(12)8-3-4-15-10(8)18-11/h3-5,13-14H,6H2,1-2H3,(H4,12,15,16,17,18)/b7-5+. The van der Waals surface area contributed by atoms with Crippen LogP contribution < -0.4 is 21.7 Å². The van der Waals surface area contributed by atoms with Crippen LogP contribution in [0, 0.1) is 0 Å². The molecule has 0 fully saturated rings. The van der Waals surface area contributed by atoms with Gasteiger partial charge in [-0.05, 0) is 13.1 Å². The molecule has 0 radical (unpaired) electrons. The van der Waals surface area contributed by atoms with Crippen LogP contribution in [0.15, 0.2) is 24.2 Å². The Labute approximate surface area is 105 Å². The molecular weight excluding hydrogens is 230 g/mol. The van der Waals surface area contributed by atoms with Crippen LogP contribution in [0.1, 0.15) is 0 Å². The van der Waals surface area contributed by atoms with Crippen LogP contribution in [0.3, 0.4) is 0 Å². The van der Waals surface area contributed by atoms with Crippen molar-refractivity contribution in [2.75, 3.05) is 31.7 Å². The Morgan fingerprint density at radius 2 is 2.28 bits per heavy atom. The molecular formula is C11H17N7. The number of nitrogens with one attached hydrogen (secondary N) is 4. The van der Waals surface area contributed by atoms with Gasteiger partial charge < -0.3 is 26.7 Å². The second kappa shape index (κ2) is 5.37. The van der Waals surface area contributed by atoms with Crippen LogP contribution in [0.2, 0.25) is 0 Å². The Morgan fingerprint density at radius 1 is 1.44 bits per heavy atom. The molecule has 0 aromatic carbocycles. The number of rotatable bonds is 5. The molecule has 0 bridgehead atoms. The molecule has 2 rings (SSSR count). The maximum atomic E-state index is 5.86. The molecule has 0 unspecified atom stereocenters. The minimum atomic E-state index is 0.456. The number of nitrogens with two attached hydrogens (primary N) is 1. The monoisotopic (exact) mass is 247 g/mol. The summed E-state index contributed by atoms with van der Waals surface area (Å²) in [7, 11) is 3.70. The van der Waals surface area contributed by atoms with E-state index in [1.165, 1.54) is 0 Å². The zero-order valence-corrected chi connectivity index (χ0v) is 10.4. The van der Waals surface area contributed by atoms with Crippen molar-refractivity contribution in [3.05, 3.63) is 24.2 Å². The molecule has 2 aromatic heterocycles. The van der Waals surface area contributed by atoms with E-state index in [9.17, 15) is 0 Å². The highest BCUT2D eigenvalue weighted by molar-refractivity contribution is 5.86. The topological polar surface area (TPSA) is 104 Å². The summed E-state index contributed by atoms with van der Waals surface area (Å²) in [5, 5.41) is 9.96. The molecule has 7 heteroatoms. The summed E-state index contributed by atoms with van der Waals surface area (Å²) in [6.07, 6.45) is 3.63. The molecule has 7 nitrogen and oxygen atoms in total. The van der Waals surface area contributed by atoms with Crippen molar-refractivity contribution in [3.8, 4) is 0 Å². The molecule has 0 aliphatic rings. The van der Waals surface area contributed by atoms with E-state index in [-0.39, 0.29) is 0 Å². The van der Waals surface area contributed by atoms with Gasteiger partial charge in [-0.15, -0.1) is 0 Å². The van der Waals surface area contributed by atoms with Crippen molar-refractivity contribution in [2.45, 2.75) is 0 Å². The first-order valence-corrected chi connectivity index (χ1v) is 5.63. The summed E-state index contributed by atoms with van der Waals surface area (Å²) < 4.78 is 0. The number of fused-ring (bicyclic) bond motifs is 1. The average molecular weight is 247 g/mol. The summed E-state index contributed by atoms with van der Waals surface area (Å²) in [5.41, 5.74) is 7.51. The average Bonchev–Trinajstić information content (AvgIpc) is 2.78. The van der Waals surface area contributed by atoms with Crippen molar-refractivity contribution in [1.29, 1.82) is 0 Å². The maximum Gasteiger partial charge on any atom is 0.231 e. The summed E-state index contributed by atoms with van der Waals surface area (Å²) in [5.74, 6) is 0.927. The first kappa shape index (κ1) is 12.2. The number of hydrogen-bond donors (Lipinski definition) is 5. The predicted octanol–water partition coefficient (Wildman–Crippen LogP) is 0.232. The molecule has 96 valence electrons. The Kier molecular flexibility index (Phi) is 3.63. The summed E-state index contributed by atoms with van der Waals surface area (Å²) >= 11 is 0. The zero-order chi connectivity index (χ0) is 13.0. The van der Waals surface area contributed by atoms with Gasteiger partial charge in [0, 0.05) is 31.7 Å². The fraction of sp³-hybridized carbons (Fsp3) is 0.273. The van der Waals surface area contributed by atoms with E-state index in [1.54, 1.807) is 6.20 Å². The molecule has 0 saturated carbocycles. The highest BCUT2D eigenvalue weighted by atomic mass is 15.2. The SMILES string of the molecule is CN/C=C(\CNC)Nc1nc(N)c2cc[nH]c2n1. The van der Waals surface area contributed by atoms with Crippen molar-refractivity contribution in [1.82, 2.24) is 25.6 Å². The number of nitrogens with zero attached hydrogens (tertiary/aromatic N) is 2. The first-order valence-electron chi connectivity index (χ1n) is 5.63. The number of nitrogen functional groups attached to an aromatic ring is 1. The van der Waals surface area contributed by atoms with Crippen molar-refractivity contribution in [2.24, 2.45) is 0 Å². The molecule has 0 saturated heterocycles. The molecule has 0 aliphatic heterocycles. The van der Waals surface area contributed by atoms with E-state index in [1.807, 2.05) is 26.4 Å². The first-order chi connectivity index (χ1) is 8.74. The van der Waals surface area contributed by atoms with Gasteiger partial charge >= 0.3 is 0 Å². The molecule has 0 spiro atoms. The molecule has 0 aliphatic carbocycles. The zero-order valence-electron chi connectivity index (χ0n) is 10.4. The summed E-state index contributed by atoms with van der Waals surface area (Å²) in [6, 6.07) is 1.85. The van der Waals surface area contributed by atoms with E-state index in [0.717, 1.165) is 16.7 Å². The van der Waals surface area contributed by atoms with Gasteiger partial charge in [0.25, 0.3) is 0 Å². The number of H-pyrrole nitrogens is 1. The third kappa shape index (κ3) is 2.51. The largest absolute Gasteiger partial charge is 0.393 e. The van der Waals surface area contributed by atoms with Crippen molar-refractivity contribution >= 4 is 22.8 Å². The van der Waals surface area contributed by atoms with Gasteiger partial charge in [-0.3, -0.25) is 0 Å². The lowest BCUT2D eigenvalue weighted by Gasteiger charge is -2.09. The van der Waals surface area contributed by atoms with Gasteiger partial charge in [-0.1, -0.05) is 0 Å². The number of hydrogen-bond acceptors (Lipinski definition) is 6. The lowest BCUT2D eigenvalue weighted by atomic mass is 10.4. The van der Waals surface area contributed by atoms with Gasteiger partial charge in [-0.25, -0.2) is 0 Å². The van der Waals surface area contributed by atoms with Gasteiger partial charge in [0.05, 0.1) is 5.39 Å². The van der Waals surface area contributed by atoms with Gasteiger partial charge in [0.1, 0.15) is 11.5 Å². The highest BCUT2D eigenvalue weighted by Crippen LogP contribution is 2.18. The predicted molar refractivity (Wildman–Crippen MR) is 73.0 cm³/mol. The Hall–Kier alpha value is -2.28. The van der Waals surface area contributed by atoms with Crippen LogP contribution in [-0.2, 0) is 0 Å². The number of aromatic amines is 1. The summed E-state index contributed by atoms with van der Waals surface area (Å²) in [6.45, 7) is 0.673. The van der Waals surface area contributed by atoms with E-state index in [2.05, 4.69) is 30.9 Å². The molecule has 6 N–H and O–H groups in total. The second-order valence-corrected chi connectivity index (χ2v) is 3.79. The normalized spacial score (nSPS) is 11.8. The highest BCUT2D eigenvalue weighted by Gasteiger charge is 2.06. The summed E-state index contributed by atoms with van der Waals surface area (Å²) in [4.78, 5) is 11.6. The number of aromatic nitrogens is 3. The molecule has 0 amide bonds. The van der Waals surface area contributed by atoms with E-state index < -0.39 is 0 Å². The van der Waals surface area contributed by atoms with Crippen LogP contribution in [-0.4, -0.2) is 35.6 Å². The van der Waals surface area contributed by atoms with E-state index in [0.29, 0.717) is 18.3 Å². The maximum absolute atomic E-state index is 5.86. The third-order valence-electron chi connectivity index (χ3n) is 2.40. The van der Waals surface area contributed by atoms with Gasteiger partial charge in [-0.2, -0.15) is 9.97 Å². The molecule has 18 heavy (non-hydrogen) atoms. The minimum Gasteiger partial charge on any atom is -0.393 e. The Bertz CT molecular complexity index is 558. The molecule has 0 atom stereocenters. The third-order valence-corrected chi connectivity index (χ3v) is 2.40. The quantitative estimate of drug-likeness (QED) is 0.518. The molecule has 2 aromatic rings. The van der Waals surface area contributed by atoms with Gasteiger partial charge in [0.15, 0.2) is 0 Å². The van der Waals surface area contributed by atoms with E-state index >= 15 is 0 Å². The second-order valence-electron chi connectivity index (χ2n) is 3.79. The van der Waals surface area contributed by atoms with Gasteiger partial charge in [0.2, 0.25) is 5.95 Å². The molecule has 2 heterocycles. The Morgan fingerprint density at radius 3 is 3.00 bits per heavy atom. The smallest absolute Gasteiger partial charge is 0.231 e.